The molecular weight excluding hydrogens is 336 g/mol. The lowest BCUT2D eigenvalue weighted by Crippen LogP contribution is -2.15. The summed E-state index contributed by atoms with van der Waals surface area (Å²) in [5, 5.41) is 0.521. The molecule has 0 saturated heterocycles. The van der Waals surface area contributed by atoms with Crippen molar-refractivity contribution in [3.63, 3.8) is 0 Å². The molecule has 0 N–H and O–H groups in total. The predicted octanol–water partition coefficient (Wildman–Crippen LogP) is 3.95. The van der Waals surface area contributed by atoms with Crippen LogP contribution in [0.4, 0.5) is 0 Å². The van der Waals surface area contributed by atoms with Gasteiger partial charge in [-0.3, -0.25) is 4.79 Å². The van der Waals surface area contributed by atoms with E-state index in [0.717, 1.165) is 16.2 Å². The highest BCUT2D eigenvalue weighted by molar-refractivity contribution is 8.00. The largest absolute Gasteiger partial charge is 0.497 e. The Bertz CT molecular complexity index is 920. The number of hydrogen-bond donors (Lipinski definition) is 0. The number of thioether (sulfide) groups is 1. The lowest BCUT2D eigenvalue weighted by Gasteiger charge is -2.13. The first-order chi connectivity index (χ1) is 12.0. The Kier molecular flexibility index (Phi) is 4.99. The Morgan fingerprint density at radius 2 is 1.92 bits per heavy atom. The Hall–Kier alpha value is -2.47. The topological polar surface area (TPSA) is 53.3 Å². The van der Waals surface area contributed by atoms with Gasteiger partial charge in [0.05, 0.1) is 36.1 Å². The third-order valence-electron chi connectivity index (χ3n) is 4.07. The van der Waals surface area contributed by atoms with E-state index in [-0.39, 0.29) is 11.0 Å². The number of benzene rings is 2. The van der Waals surface area contributed by atoms with Gasteiger partial charge in [0.2, 0.25) is 0 Å². The highest BCUT2D eigenvalue weighted by Crippen LogP contribution is 2.31. The second-order valence-electron chi connectivity index (χ2n) is 5.63. The minimum atomic E-state index is -0.294. The highest BCUT2D eigenvalue weighted by Gasteiger charge is 2.22. The van der Waals surface area contributed by atoms with Crippen molar-refractivity contribution in [2.75, 3.05) is 14.2 Å². The Morgan fingerprint density at radius 1 is 1.16 bits per heavy atom. The summed E-state index contributed by atoms with van der Waals surface area (Å²) in [5.74, 6) is 1.17. The molecule has 0 spiro atoms. The number of aryl methyl sites for hydroxylation is 1. The lowest BCUT2D eigenvalue weighted by molar-refractivity contribution is 0.0991. The Balaban J connectivity index is 1.86. The number of rotatable bonds is 6. The maximum Gasteiger partial charge on any atom is 0.179 e. The number of fused-ring (bicyclic) bond motifs is 1. The molecule has 130 valence electrons. The monoisotopic (exact) mass is 356 g/mol. The van der Waals surface area contributed by atoms with Crippen molar-refractivity contribution in [2.24, 2.45) is 7.05 Å². The molecule has 3 rings (SSSR count). The normalized spacial score (nSPS) is 12.2. The summed E-state index contributed by atoms with van der Waals surface area (Å²) in [5.41, 5.74) is 2.52. The SMILES string of the molecule is COc1ccc(C(=O)[C@H](C)Sc2nc3ccccc3n2C)c(OC)c1. The first kappa shape index (κ1) is 17.4. The summed E-state index contributed by atoms with van der Waals surface area (Å²) in [6, 6.07) is 13.2. The first-order valence-electron chi connectivity index (χ1n) is 7.89. The van der Waals surface area contributed by atoms with Gasteiger partial charge in [-0.2, -0.15) is 0 Å². The van der Waals surface area contributed by atoms with Crippen LogP contribution in [0.2, 0.25) is 0 Å². The van der Waals surface area contributed by atoms with Crippen LogP contribution in [0.3, 0.4) is 0 Å². The smallest absolute Gasteiger partial charge is 0.179 e. The van der Waals surface area contributed by atoms with Gasteiger partial charge in [0, 0.05) is 13.1 Å². The van der Waals surface area contributed by atoms with Gasteiger partial charge in [-0.05, 0) is 31.2 Å². The Morgan fingerprint density at radius 3 is 2.60 bits per heavy atom. The number of para-hydroxylation sites is 2. The molecule has 2 aromatic carbocycles. The van der Waals surface area contributed by atoms with Crippen molar-refractivity contribution < 1.29 is 14.3 Å². The first-order valence-corrected chi connectivity index (χ1v) is 8.77. The van der Waals surface area contributed by atoms with Gasteiger partial charge in [-0.1, -0.05) is 23.9 Å². The summed E-state index contributed by atoms with van der Waals surface area (Å²) < 4.78 is 12.5. The average molecular weight is 356 g/mol. The predicted molar refractivity (Wildman–Crippen MR) is 99.9 cm³/mol. The van der Waals surface area contributed by atoms with E-state index in [0.29, 0.717) is 17.1 Å². The summed E-state index contributed by atoms with van der Waals surface area (Å²) in [6.07, 6.45) is 0. The van der Waals surface area contributed by atoms with Crippen molar-refractivity contribution in [1.82, 2.24) is 9.55 Å². The second-order valence-corrected chi connectivity index (χ2v) is 6.94. The van der Waals surface area contributed by atoms with Crippen LogP contribution in [0.15, 0.2) is 47.6 Å². The van der Waals surface area contributed by atoms with Crippen LogP contribution in [-0.4, -0.2) is 34.8 Å². The second kappa shape index (κ2) is 7.19. The molecule has 0 bridgehead atoms. The molecule has 1 atom stereocenters. The van der Waals surface area contributed by atoms with Crippen molar-refractivity contribution in [3.8, 4) is 11.5 Å². The van der Waals surface area contributed by atoms with E-state index in [1.165, 1.54) is 11.8 Å². The number of imidazole rings is 1. The van der Waals surface area contributed by atoms with Crippen LogP contribution in [-0.2, 0) is 7.05 Å². The fourth-order valence-electron chi connectivity index (χ4n) is 2.66. The number of ketones is 1. The van der Waals surface area contributed by atoms with Gasteiger partial charge in [-0.25, -0.2) is 4.98 Å². The summed E-state index contributed by atoms with van der Waals surface area (Å²) in [4.78, 5) is 17.5. The van der Waals surface area contributed by atoms with Crippen LogP contribution in [0.5, 0.6) is 11.5 Å². The zero-order chi connectivity index (χ0) is 18.0. The maximum atomic E-state index is 12.9. The zero-order valence-electron chi connectivity index (χ0n) is 14.6. The third kappa shape index (κ3) is 3.35. The molecule has 1 aromatic heterocycles. The highest BCUT2D eigenvalue weighted by atomic mass is 32.2. The van der Waals surface area contributed by atoms with E-state index >= 15 is 0 Å². The molecule has 25 heavy (non-hydrogen) atoms. The van der Waals surface area contributed by atoms with E-state index in [4.69, 9.17) is 9.47 Å². The van der Waals surface area contributed by atoms with Gasteiger partial charge in [0.15, 0.2) is 10.9 Å². The molecule has 1 heterocycles. The van der Waals surface area contributed by atoms with Crippen LogP contribution >= 0.6 is 11.8 Å². The third-order valence-corrected chi connectivity index (χ3v) is 5.22. The molecule has 6 heteroatoms. The van der Waals surface area contributed by atoms with Gasteiger partial charge in [0.25, 0.3) is 0 Å². The Labute approximate surface area is 151 Å². The van der Waals surface area contributed by atoms with E-state index < -0.39 is 0 Å². The molecular formula is C19H20N2O3S. The molecule has 5 nitrogen and oxygen atoms in total. The molecule has 0 aliphatic rings. The summed E-state index contributed by atoms with van der Waals surface area (Å²) >= 11 is 1.44. The molecule has 0 fully saturated rings. The number of carbonyl (C=O) groups is 1. The summed E-state index contributed by atoms with van der Waals surface area (Å²) in [7, 11) is 5.10. The molecule has 3 aromatic rings. The van der Waals surface area contributed by atoms with E-state index in [2.05, 4.69) is 4.98 Å². The molecule has 0 radical (unpaired) electrons. The van der Waals surface area contributed by atoms with Gasteiger partial charge in [-0.15, -0.1) is 0 Å². The molecule has 0 unspecified atom stereocenters. The number of hydrogen-bond acceptors (Lipinski definition) is 5. The number of Topliss-reactive ketones (excluding diaryl/α,β-unsaturated/α-hetero) is 1. The number of methoxy groups -OCH3 is 2. The van der Waals surface area contributed by atoms with Crippen molar-refractivity contribution in [3.05, 3.63) is 48.0 Å². The number of carbonyl (C=O) groups excluding carboxylic acids is 1. The molecule has 0 aliphatic carbocycles. The van der Waals surface area contributed by atoms with Gasteiger partial charge < -0.3 is 14.0 Å². The number of aromatic nitrogens is 2. The number of nitrogens with zero attached hydrogens (tertiary/aromatic N) is 2. The van der Waals surface area contributed by atoms with Gasteiger partial charge in [0.1, 0.15) is 11.5 Å². The molecule has 0 saturated carbocycles. The molecule has 0 amide bonds. The van der Waals surface area contributed by atoms with Crippen LogP contribution < -0.4 is 9.47 Å². The van der Waals surface area contributed by atoms with E-state index in [1.807, 2.05) is 42.8 Å². The molecule has 0 aliphatic heterocycles. The van der Waals surface area contributed by atoms with Crippen LogP contribution in [0.1, 0.15) is 17.3 Å². The van der Waals surface area contributed by atoms with Crippen molar-refractivity contribution >= 4 is 28.6 Å². The summed E-state index contributed by atoms with van der Waals surface area (Å²) in [6.45, 7) is 1.88. The number of ether oxygens (including phenoxy) is 2. The standard InChI is InChI=1S/C19H20N2O3S/c1-12(18(22)14-10-9-13(23-3)11-17(14)24-4)25-19-20-15-7-5-6-8-16(15)21(19)2/h5-12H,1-4H3/t12-/m0/s1. The van der Waals surface area contributed by atoms with E-state index in [1.54, 1.807) is 32.4 Å². The maximum absolute atomic E-state index is 12.9. The fourth-order valence-corrected chi connectivity index (χ4v) is 3.62. The zero-order valence-corrected chi connectivity index (χ0v) is 15.5. The van der Waals surface area contributed by atoms with Crippen LogP contribution in [0, 0.1) is 0 Å². The van der Waals surface area contributed by atoms with E-state index in [9.17, 15) is 4.79 Å². The lowest BCUT2D eigenvalue weighted by atomic mass is 10.1. The minimum absolute atomic E-state index is 0.00319. The van der Waals surface area contributed by atoms with Crippen LogP contribution in [0.25, 0.3) is 11.0 Å². The van der Waals surface area contributed by atoms with Crippen molar-refractivity contribution in [2.45, 2.75) is 17.3 Å². The van der Waals surface area contributed by atoms with Gasteiger partial charge >= 0.3 is 0 Å². The van der Waals surface area contributed by atoms with Crippen molar-refractivity contribution in [1.29, 1.82) is 0 Å². The fraction of sp³-hybridized carbons (Fsp3) is 0.263. The quantitative estimate of drug-likeness (QED) is 0.494. The average Bonchev–Trinajstić information content (AvgIpc) is 2.96. The minimum Gasteiger partial charge on any atom is -0.497 e.